The van der Waals surface area contributed by atoms with Gasteiger partial charge in [0.15, 0.2) is 0 Å². The number of benzene rings is 1. The van der Waals surface area contributed by atoms with Gasteiger partial charge in [-0.05, 0) is 85.8 Å². The smallest absolute Gasteiger partial charge is 0.0488 e. The van der Waals surface area contributed by atoms with Crippen LogP contribution in [0.25, 0.3) is 0 Å². The molecule has 0 spiro atoms. The molecule has 1 aromatic rings. The van der Waals surface area contributed by atoms with Crippen molar-refractivity contribution in [1.82, 2.24) is 0 Å². The van der Waals surface area contributed by atoms with E-state index in [2.05, 4.69) is 39.0 Å². The molecule has 1 saturated carbocycles. The number of ether oxygens (including phenoxy) is 1. The van der Waals surface area contributed by atoms with Gasteiger partial charge in [-0.2, -0.15) is 0 Å². The van der Waals surface area contributed by atoms with Crippen LogP contribution < -0.4 is 5.73 Å². The van der Waals surface area contributed by atoms with Gasteiger partial charge in [-0.25, -0.2) is 0 Å². The molecule has 0 aromatic heterocycles. The van der Waals surface area contributed by atoms with E-state index < -0.39 is 0 Å². The molecule has 2 nitrogen and oxygen atoms in total. The van der Waals surface area contributed by atoms with Gasteiger partial charge in [0.25, 0.3) is 0 Å². The number of nitrogens with two attached hydrogens (primary N) is 1. The van der Waals surface area contributed by atoms with E-state index >= 15 is 0 Å². The van der Waals surface area contributed by atoms with Gasteiger partial charge in [0.2, 0.25) is 0 Å². The normalized spacial score (nSPS) is 29.2. The third kappa shape index (κ3) is 4.86. The Morgan fingerprint density at radius 2 is 2.08 bits per heavy atom. The van der Waals surface area contributed by atoms with Gasteiger partial charge in [0.1, 0.15) is 0 Å². The summed E-state index contributed by atoms with van der Waals surface area (Å²) in [5, 5.41) is 0. The van der Waals surface area contributed by atoms with Crippen molar-refractivity contribution < 1.29 is 4.74 Å². The molecule has 0 unspecified atom stereocenters. The minimum atomic E-state index is 0.0850. The van der Waals surface area contributed by atoms with Crippen LogP contribution in [0.5, 0.6) is 0 Å². The number of aryl methyl sites for hydroxylation is 1. The first-order chi connectivity index (χ1) is 12.0. The molecule has 140 valence electrons. The fourth-order valence-corrected chi connectivity index (χ4v) is 4.68. The van der Waals surface area contributed by atoms with Crippen LogP contribution in [0.1, 0.15) is 81.9 Å². The van der Waals surface area contributed by atoms with E-state index in [0.717, 1.165) is 32.0 Å². The number of hydrogen-bond donors (Lipinski definition) is 1. The lowest BCUT2D eigenvalue weighted by Crippen LogP contribution is -2.35. The van der Waals surface area contributed by atoms with Gasteiger partial charge in [0, 0.05) is 18.8 Å². The van der Waals surface area contributed by atoms with E-state index in [4.69, 9.17) is 10.5 Å². The summed E-state index contributed by atoms with van der Waals surface area (Å²) in [4.78, 5) is 0. The molecule has 0 aliphatic heterocycles. The van der Waals surface area contributed by atoms with E-state index in [1.165, 1.54) is 38.5 Å². The summed E-state index contributed by atoms with van der Waals surface area (Å²) in [6, 6.07) is 7.31. The molecule has 3 rings (SSSR count). The van der Waals surface area contributed by atoms with Crippen LogP contribution in [0.2, 0.25) is 0 Å². The standard InChI is InChI=1S/C23H37NO/c1-4-23(24)11-9-22(15-23)21-8-7-19-13-18(5-6-20(19)14-21)10-12-25-16-17(2)3/h7-8,14,17-18,22H,4-6,9-13,15-16,24H2,1-3H3/t18-,22-,23+/m0/s1. The summed E-state index contributed by atoms with van der Waals surface area (Å²) in [6.45, 7) is 8.49. The Hall–Kier alpha value is -0.860. The topological polar surface area (TPSA) is 35.2 Å². The summed E-state index contributed by atoms with van der Waals surface area (Å²) in [7, 11) is 0. The molecule has 0 heterocycles. The monoisotopic (exact) mass is 343 g/mol. The molecular weight excluding hydrogens is 306 g/mol. The van der Waals surface area contributed by atoms with Gasteiger partial charge in [-0.1, -0.05) is 39.0 Å². The lowest BCUT2D eigenvalue weighted by atomic mass is 9.80. The number of fused-ring (bicyclic) bond motifs is 1. The SMILES string of the molecule is CC[C@@]1(N)CC[C@H](c2ccc3c(c2)CC[C@@H](CCOCC(C)C)C3)C1. The Labute approximate surface area is 154 Å². The highest BCUT2D eigenvalue weighted by molar-refractivity contribution is 5.36. The predicted octanol–water partition coefficient (Wildman–Crippen LogP) is 5.23. The fraction of sp³-hybridized carbons (Fsp3) is 0.739. The number of rotatable bonds is 7. The Morgan fingerprint density at radius 3 is 2.80 bits per heavy atom. The summed E-state index contributed by atoms with van der Waals surface area (Å²) in [5.41, 5.74) is 11.3. The van der Waals surface area contributed by atoms with Crippen LogP contribution >= 0.6 is 0 Å². The van der Waals surface area contributed by atoms with Gasteiger partial charge in [0.05, 0.1) is 0 Å². The van der Waals surface area contributed by atoms with E-state index in [1.54, 1.807) is 16.7 Å². The van der Waals surface area contributed by atoms with Gasteiger partial charge in [-0.15, -0.1) is 0 Å². The first kappa shape index (κ1) is 18.9. The predicted molar refractivity (Wildman–Crippen MR) is 106 cm³/mol. The lowest BCUT2D eigenvalue weighted by Gasteiger charge is -2.26. The van der Waals surface area contributed by atoms with Crippen molar-refractivity contribution >= 4 is 0 Å². The minimum Gasteiger partial charge on any atom is -0.381 e. The van der Waals surface area contributed by atoms with Crippen LogP contribution in [0, 0.1) is 11.8 Å². The highest BCUT2D eigenvalue weighted by Gasteiger charge is 2.35. The van der Waals surface area contributed by atoms with Crippen LogP contribution in [-0.4, -0.2) is 18.8 Å². The summed E-state index contributed by atoms with van der Waals surface area (Å²) in [5.74, 6) is 2.12. The Kier molecular flexibility index (Phi) is 6.22. The maximum Gasteiger partial charge on any atom is 0.0488 e. The quantitative estimate of drug-likeness (QED) is 0.688. The van der Waals surface area contributed by atoms with Gasteiger partial charge < -0.3 is 10.5 Å². The van der Waals surface area contributed by atoms with E-state index in [1.807, 2.05) is 0 Å². The fourth-order valence-electron chi connectivity index (χ4n) is 4.68. The molecule has 2 N–H and O–H groups in total. The van der Waals surface area contributed by atoms with E-state index in [0.29, 0.717) is 11.8 Å². The summed E-state index contributed by atoms with van der Waals surface area (Å²) in [6.07, 6.45) is 9.73. The second-order valence-corrected chi connectivity index (χ2v) is 9.05. The largest absolute Gasteiger partial charge is 0.381 e. The van der Waals surface area contributed by atoms with Gasteiger partial charge in [-0.3, -0.25) is 0 Å². The third-order valence-corrected chi connectivity index (χ3v) is 6.50. The second-order valence-electron chi connectivity index (χ2n) is 9.05. The lowest BCUT2D eigenvalue weighted by molar-refractivity contribution is 0.0962. The van der Waals surface area contributed by atoms with Crippen LogP contribution in [0.3, 0.4) is 0 Å². The maximum absolute atomic E-state index is 6.51. The molecule has 0 saturated heterocycles. The van der Waals surface area contributed by atoms with Crippen molar-refractivity contribution in [2.24, 2.45) is 17.6 Å². The molecule has 1 fully saturated rings. The van der Waals surface area contributed by atoms with E-state index in [-0.39, 0.29) is 5.54 Å². The zero-order valence-electron chi connectivity index (χ0n) is 16.5. The average Bonchev–Trinajstić information content (AvgIpc) is 3.01. The van der Waals surface area contributed by atoms with Crippen LogP contribution in [0.4, 0.5) is 0 Å². The Morgan fingerprint density at radius 1 is 1.24 bits per heavy atom. The van der Waals surface area contributed by atoms with Crippen molar-refractivity contribution in [2.75, 3.05) is 13.2 Å². The Bertz CT molecular complexity index is 567. The molecule has 2 aliphatic carbocycles. The van der Waals surface area contributed by atoms with E-state index in [9.17, 15) is 0 Å². The highest BCUT2D eigenvalue weighted by Crippen LogP contribution is 2.42. The van der Waals surface area contributed by atoms with Gasteiger partial charge >= 0.3 is 0 Å². The molecule has 2 heteroatoms. The molecule has 1 aromatic carbocycles. The average molecular weight is 344 g/mol. The molecule has 0 amide bonds. The first-order valence-corrected chi connectivity index (χ1v) is 10.5. The number of hydrogen-bond acceptors (Lipinski definition) is 2. The zero-order chi connectivity index (χ0) is 17.9. The van der Waals surface area contributed by atoms with Crippen molar-refractivity contribution in [1.29, 1.82) is 0 Å². The Balaban J connectivity index is 1.55. The van der Waals surface area contributed by atoms with Crippen molar-refractivity contribution in [3.63, 3.8) is 0 Å². The third-order valence-electron chi connectivity index (χ3n) is 6.50. The van der Waals surface area contributed by atoms with Crippen molar-refractivity contribution in [3.05, 3.63) is 34.9 Å². The molecule has 0 bridgehead atoms. The molecule has 2 aliphatic rings. The van der Waals surface area contributed by atoms with Crippen LogP contribution in [-0.2, 0) is 17.6 Å². The minimum absolute atomic E-state index is 0.0850. The molecule has 3 atom stereocenters. The van der Waals surface area contributed by atoms with Crippen molar-refractivity contribution in [2.45, 2.75) is 83.6 Å². The zero-order valence-corrected chi connectivity index (χ0v) is 16.5. The molecular formula is C23H37NO. The summed E-state index contributed by atoms with van der Waals surface area (Å²) < 4.78 is 5.79. The summed E-state index contributed by atoms with van der Waals surface area (Å²) >= 11 is 0. The highest BCUT2D eigenvalue weighted by atomic mass is 16.5. The second kappa shape index (κ2) is 8.22. The molecule has 25 heavy (non-hydrogen) atoms. The van der Waals surface area contributed by atoms with Crippen molar-refractivity contribution in [3.8, 4) is 0 Å². The van der Waals surface area contributed by atoms with Crippen LogP contribution in [0.15, 0.2) is 18.2 Å². The molecule has 0 radical (unpaired) electrons. The maximum atomic E-state index is 6.51. The first-order valence-electron chi connectivity index (χ1n) is 10.5.